The summed E-state index contributed by atoms with van der Waals surface area (Å²) >= 11 is 0. The molecule has 0 fully saturated rings. The predicted octanol–water partition coefficient (Wildman–Crippen LogP) is 5.32. The Morgan fingerprint density at radius 3 is 2.38 bits per heavy atom. The van der Waals surface area contributed by atoms with Crippen LogP contribution < -0.4 is 9.84 Å². The fourth-order valence-corrected chi connectivity index (χ4v) is 4.42. The minimum atomic E-state index is -1.24. The molecule has 4 aromatic rings. The van der Waals surface area contributed by atoms with Crippen LogP contribution in [-0.4, -0.2) is 17.6 Å². The highest BCUT2D eigenvalue weighted by Gasteiger charge is 2.24. The normalized spacial score (nSPS) is 13.3. The summed E-state index contributed by atoms with van der Waals surface area (Å²) in [5.41, 5.74) is 6.37. The van der Waals surface area contributed by atoms with Gasteiger partial charge in [0.05, 0.1) is 5.97 Å². The van der Waals surface area contributed by atoms with Crippen LogP contribution in [0.4, 0.5) is 0 Å². The summed E-state index contributed by atoms with van der Waals surface area (Å²) in [6.45, 7) is -0.460. The van der Waals surface area contributed by atoms with E-state index in [1.807, 2.05) is 66.7 Å². The van der Waals surface area contributed by atoms with E-state index in [0.29, 0.717) is 11.6 Å². The molecule has 1 heterocycles. The van der Waals surface area contributed by atoms with Crippen LogP contribution >= 0.6 is 0 Å². The van der Waals surface area contributed by atoms with Crippen molar-refractivity contribution in [1.82, 2.24) is 4.98 Å². The molecular formula is C29H24NO4-. The first kappa shape index (κ1) is 21.7. The molecule has 0 unspecified atom stereocenters. The zero-order chi connectivity index (χ0) is 23.3. The Morgan fingerprint density at radius 1 is 0.912 bits per heavy atom. The number of ether oxygens (including phenoxy) is 1. The van der Waals surface area contributed by atoms with Crippen LogP contribution in [-0.2, 0) is 11.2 Å². The van der Waals surface area contributed by atoms with E-state index < -0.39 is 12.6 Å². The van der Waals surface area contributed by atoms with Gasteiger partial charge >= 0.3 is 0 Å². The van der Waals surface area contributed by atoms with E-state index in [2.05, 4.69) is 12.1 Å². The van der Waals surface area contributed by atoms with Gasteiger partial charge in [0.2, 0.25) is 5.89 Å². The summed E-state index contributed by atoms with van der Waals surface area (Å²) in [6.07, 6.45) is 3.68. The van der Waals surface area contributed by atoms with Crippen LogP contribution in [0.3, 0.4) is 0 Å². The SMILES string of the molecule is O=C([O-])COc1cccc(CC2=C(c3nc(-c4ccccc4)c(-c4ccccc4)o3)CCC2)c1. The summed E-state index contributed by atoms with van der Waals surface area (Å²) in [6, 6.07) is 27.7. The van der Waals surface area contributed by atoms with Gasteiger partial charge in [0.25, 0.3) is 0 Å². The van der Waals surface area contributed by atoms with Gasteiger partial charge in [-0.2, -0.15) is 0 Å². The molecule has 0 radical (unpaired) electrons. The molecule has 0 spiro atoms. The largest absolute Gasteiger partial charge is 0.546 e. The Labute approximate surface area is 198 Å². The van der Waals surface area contributed by atoms with E-state index >= 15 is 0 Å². The van der Waals surface area contributed by atoms with Crippen molar-refractivity contribution in [1.29, 1.82) is 0 Å². The number of benzene rings is 3. The van der Waals surface area contributed by atoms with Gasteiger partial charge in [-0.3, -0.25) is 0 Å². The number of hydrogen-bond donors (Lipinski definition) is 0. The summed E-state index contributed by atoms with van der Waals surface area (Å²) < 4.78 is 11.7. The molecule has 3 aromatic carbocycles. The van der Waals surface area contributed by atoms with E-state index in [9.17, 15) is 9.90 Å². The lowest BCUT2D eigenvalue weighted by Gasteiger charge is -2.10. The van der Waals surface area contributed by atoms with Crippen molar-refractivity contribution in [2.75, 3.05) is 6.61 Å². The molecule has 34 heavy (non-hydrogen) atoms. The van der Waals surface area contributed by atoms with Crippen LogP contribution in [0.1, 0.15) is 30.7 Å². The monoisotopic (exact) mass is 450 g/mol. The minimum absolute atomic E-state index is 0.460. The van der Waals surface area contributed by atoms with Crippen molar-refractivity contribution in [3.63, 3.8) is 0 Å². The number of rotatable bonds is 8. The quantitative estimate of drug-likeness (QED) is 0.363. The van der Waals surface area contributed by atoms with Crippen molar-refractivity contribution in [3.05, 3.63) is 102 Å². The van der Waals surface area contributed by atoms with Gasteiger partial charge in [-0.05, 0) is 43.4 Å². The van der Waals surface area contributed by atoms with Crippen LogP contribution in [0.5, 0.6) is 5.75 Å². The summed E-state index contributed by atoms with van der Waals surface area (Å²) in [7, 11) is 0. The summed E-state index contributed by atoms with van der Waals surface area (Å²) in [4.78, 5) is 15.7. The predicted molar refractivity (Wildman–Crippen MR) is 129 cm³/mol. The molecule has 5 rings (SSSR count). The number of aromatic nitrogens is 1. The maximum absolute atomic E-state index is 10.7. The Hall–Kier alpha value is -4.12. The first-order valence-electron chi connectivity index (χ1n) is 11.4. The van der Waals surface area contributed by atoms with Gasteiger partial charge < -0.3 is 19.1 Å². The van der Waals surface area contributed by atoms with Crippen molar-refractivity contribution in [3.8, 4) is 28.3 Å². The highest BCUT2D eigenvalue weighted by Crippen LogP contribution is 2.40. The smallest absolute Gasteiger partial charge is 0.223 e. The number of hydrogen-bond acceptors (Lipinski definition) is 5. The molecule has 5 heteroatoms. The maximum atomic E-state index is 10.7. The van der Waals surface area contributed by atoms with Crippen LogP contribution in [0.2, 0.25) is 0 Å². The molecule has 170 valence electrons. The lowest BCUT2D eigenvalue weighted by molar-refractivity contribution is -0.307. The first-order chi connectivity index (χ1) is 16.7. The van der Waals surface area contributed by atoms with Gasteiger partial charge in [-0.25, -0.2) is 4.98 Å². The third-order valence-corrected chi connectivity index (χ3v) is 5.97. The van der Waals surface area contributed by atoms with Crippen LogP contribution in [0.25, 0.3) is 28.2 Å². The molecule has 0 amide bonds. The van der Waals surface area contributed by atoms with E-state index in [1.54, 1.807) is 6.07 Å². The highest BCUT2D eigenvalue weighted by molar-refractivity contribution is 5.79. The average Bonchev–Trinajstić information content (AvgIpc) is 3.51. The zero-order valence-electron chi connectivity index (χ0n) is 18.7. The van der Waals surface area contributed by atoms with E-state index in [-0.39, 0.29) is 0 Å². The molecule has 5 nitrogen and oxygen atoms in total. The second-order valence-electron chi connectivity index (χ2n) is 8.35. The molecule has 1 aliphatic rings. The second-order valence-corrected chi connectivity index (χ2v) is 8.35. The summed E-state index contributed by atoms with van der Waals surface area (Å²) in [5, 5.41) is 10.7. The molecule has 0 saturated carbocycles. The van der Waals surface area contributed by atoms with Crippen molar-refractivity contribution in [2.24, 2.45) is 0 Å². The topological polar surface area (TPSA) is 75.4 Å². The lowest BCUT2D eigenvalue weighted by Crippen LogP contribution is -2.28. The molecule has 1 aliphatic carbocycles. The first-order valence-corrected chi connectivity index (χ1v) is 11.4. The number of allylic oxidation sites excluding steroid dienone is 2. The van der Waals surface area contributed by atoms with E-state index in [4.69, 9.17) is 14.1 Å². The Bertz CT molecular complexity index is 1270. The Kier molecular flexibility index (Phi) is 6.25. The van der Waals surface area contributed by atoms with E-state index in [0.717, 1.165) is 59.4 Å². The molecular weight excluding hydrogens is 426 g/mol. The molecule has 0 aliphatic heterocycles. The van der Waals surface area contributed by atoms with Crippen LogP contribution in [0.15, 0.2) is 94.9 Å². The number of carbonyl (C=O) groups excluding carboxylic acids is 1. The second kappa shape index (κ2) is 9.79. The molecule has 0 saturated heterocycles. The van der Waals surface area contributed by atoms with E-state index in [1.165, 1.54) is 5.57 Å². The number of carbonyl (C=O) groups is 1. The number of carboxylic acids is 1. The number of nitrogens with zero attached hydrogens (tertiary/aromatic N) is 1. The zero-order valence-corrected chi connectivity index (χ0v) is 18.7. The number of aliphatic carboxylic acids is 1. The average molecular weight is 451 g/mol. The van der Waals surface area contributed by atoms with Crippen LogP contribution in [0, 0.1) is 0 Å². The molecule has 0 bridgehead atoms. The van der Waals surface area contributed by atoms with Gasteiger partial charge in [0.15, 0.2) is 5.76 Å². The summed E-state index contributed by atoms with van der Waals surface area (Å²) in [5.74, 6) is 0.738. The van der Waals surface area contributed by atoms with Crippen molar-refractivity contribution < 1.29 is 19.1 Å². The molecule has 0 N–H and O–H groups in total. The number of oxazole rings is 1. The fourth-order valence-electron chi connectivity index (χ4n) is 4.42. The molecule has 1 aromatic heterocycles. The van der Waals surface area contributed by atoms with Gasteiger partial charge in [-0.15, -0.1) is 0 Å². The highest BCUT2D eigenvalue weighted by atomic mass is 16.5. The van der Waals surface area contributed by atoms with Gasteiger partial charge in [0, 0.05) is 16.7 Å². The fraction of sp³-hybridized carbons (Fsp3) is 0.172. The van der Waals surface area contributed by atoms with Crippen molar-refractivity contribution >= 4 is 11.5 Å². The lowest BCUT2D eigenvalue weighted by atomic mass is 10.0. The Morgan fingerprint density at radius 2 is 1.65 bits per heavy atom. The third-order valence-electron chi connectivity index (χ3n) is 5.97. The Balaban J connectivity index is 1.50. The minimum Gasteiger partial charge on any atom is -0.546 e. The maximum Gasteiger partial charge on any atom is 0.223 e. The van der Waals surface area contributed by atoms with Crippen molar-refractivity contribution in [2.45, 2.75) is 25.7 Å². The third kappa shape index (κ3) is 4.79. The van der Waals surface area contributed by atoms with Gasteiger partial charge in [-0.1, -0.05) is 78.4 Å². The standard InChI is InChI=1S/C29H25NO4/c31-26(32)19-33-24-15-7-9-20(18-24)17-23-14-8-16-25(23)29-30-27(21-10-3-1-4-11-21)28(34-29)22-12-5-2-6-13-22/h1-7,9-13,15,18H,8,14,16-17,19H2,(H,31,32)/p-1. The number of carboxylic acid groups (broad SMARTS) is 1. The van der Waals surface area contributed by atoms with Gasteiger partial charge in [0.1, 0.15) is 18.1 Å². The molecule has 0 atom stereocenters.